The zero-order valence-corrected chi connectivity index (χ0v) is 20.0. The quantitative estimate of drug-likeness (QED) is 0.273. The number of rotatable bonds is 5. The summed E-state index contributed by atoms with van der Waals surface area (Å²) in [6.45, 7) is 0.565. The normalized spacial score (nSPS) is 15.4. The highest BCUT2D eigenvalue weighted by Crippen LogP contribution is 2.35. The van der Waals surface area contributed by atoms with Crippen molar-refractivity contribution in [3.05, 3.63) is 84.6 Å². The Kier molecular flexibility index (Phi) is 6.17. The fourth-order valence-corrected chi connectivity index (χ4v) is 5.18. The topological polar surface area (TPSA) is 67.7 Å². The van der Waals surface area contributed by atoms with Crippen LogP contribution in [0.5, 0.6) is 11.5 Å². The fourth-order valence-electron chi connectivity index (χ4n) is 4.02. The van der Waals surface area contributed by atoms with E-state index >= 15 is 0 Å². The van der Waals surface area contributed by atoms with Crippen molar-refractivity contribution in [2.45, 2.75) is 0 Å². The first kappa shape index (κ1) is 22.9. The molecular weight excluding hydrogens is 467 g/mol. The number of benzene rings is 2. The standard InChI is InChI=1S/C26H23FN4O3S/c1-29(2)26(33)30-15-23(25(32)17-14-31(35-16-17)19-4-3-11-28-13-19)22-10-9-21(12-24(22)30)34-20-7-5-18(27)6-8-20/h3-13,15,17H,14,16H2,1-2H3. The summed E-state index contributed by atoms with van der Waals surface area (Å²) in [5, 5.41) is 0.682. The predicted octanol–water partition coefficient (Wildman–Crippen LogP) is 5.46. The Morgan fingerprint density at radius 1 is 1.11 bits per heavy atom. The summed E-state index contributed by atoms with van der Waals surface area (Å²) in [6.07, 6.45) is 5.12. The van der Waals surface area contributed by atoms with E-state index in [1.54, 1.807) is 62.8 Å². The van der Waals surface area contributed by atoms with Crippen LogP contribution < -0.4 is 9.04 Å². The maximum absolute atomic E-state index is 13.6. The molecule has 7 nitrogen and oxygen atoms in total. The zero-order valence-electron chi connectivity index (χ0n) is 19.2. The number of hydrogen-bond acceptors (Lipinski definition) is 6. The summed E-state index contributed by atoms with van der Waals surface area (Å²) >= 11 is 1.60. The van der Waals surface area contributed by atoms with Gasteiger partial charge in [-0.15, -0.1) is 0 Å². The highest BCUT2D eigenvalue weighted by molar-refractivity contribution is 8.00. The van der Waals surface area contributed by atoms with Gasteiger partial charge < -0.3 is 13.9 Å². The number of Topliss-reactive ketones (excluding diaryl/α,β-unsaturated/α-hetero) is 1. The molecule has 0 radical (unpaired) electrons. The zero-order chi connectivity index (χ0) is 24.5. The summed E-state index contributed by atoms with van der Waals surface area (Å²) in [6, 6.07) is 14.5. The van der Waals surface area contributed by atoms with Gasteiger partial charge >= 0.3 is 6.03 Å². The minimum atomic E-state index is -0.353. The van der Waals surface area contributed by atoms with Gasteiger partial charge in [0.15, 0.2) is 5.78 Å². The molecule has 2 aromatic carbocycles. The van der Waals surface area contributed by atoms with E-state index in [4.69, 9.17) is 4.74 Å². The lowest BCUT2D eigenvalue weighted by atomic mass is 9.98. The van der Waals surface area contributed by atoms with Gasteiger partial charge in [-0.25, -0.2) is 9.18 Å². The molecule has 0 spiro atoms. The molecule has 1 unspecified atom stereocenters. The molecule has 178 valence electrons. The lowest BCUT2D eigenvalue weighted by Gasteiger charge is -2.15. The largest absolute Gasteiger partial charge is 0.457 e. The van der Waals surface area contributed by atoms with Gasteiger partial charge in [-0.1, -0.05) is 0 Å². The number of fused-ring (bicyclic) bond motifs is 1. The van der Waals surface area contributed by atoms with Crippen molar-refractivity contribution in [2.75, 3.05) is 30.7 Å². The molecule has 5 rings (SSSR count). The van der Waals surface area contributed by atoms with Gasteiger partial charge in [0, 0.05) is 55.8 Å². The van der Waals surface area contributed by atoms with E-state index in [2.05, 4.69) is 9.29 Å². The van der Waals surface area contributed by atoms with E-state index in [0.717, 1.165) is 5.69 Å². The van der Waals surface area contributed by atoms with E-state index in [1.807, 2.05) is 12.1 Å². The number of halogens is 1. The van der Waals surface area contributed by atoms with Crippen molar-refractivity contribution in [3.63, 3.8) is 0 Å². The molecule has 35 heavy (non-hydrogen) atoms. The SMILES string of the molecule is CN(C)C(=O)n1cc(C(=O)C2CSN(c3cccnc3)C2)c2ccc(Oc3ccc(F)cc3)cc21. The number of nitrogens with zero attached hydrogens (tertiary/aromatic N) is 4. The lowest BCUT2D eigenvalue weighted by molar-refractivity contribution is 0.0942. The molecule has 1 amide bonds. The van der Waals surface area contributed by atoms with Crippen LogP contribution in [-0.4, -0.2) is 52.7 Å². The number of ketones is 1. The smallest absolute Gasteiger partial charge is 0.328 e. The molecule has 0 bridgehead atoms. The summed E-state index contributed by atoms with van der Waals surface area (Å²) in [5.41, 5.74) is 2.03. The summed E-state index contributed by atoms with van der Waals surface area (Å²) in [5.74, 6) is 1.02. The highest BCUT2D eigenvalue weighted by atomic mass is 32.2. The monoisotopic (exact) mass is 490 g/mol. The van der Waals surface area contributed by atoms with Crippen LogP contribution in [0.3, 0.4) is 0 Å². The number of anilines is 1. The van der Waals surface area contributed by atoms with Crippen LogP contribution >= 0.6 is 11.9 Å². The molecule has 1 saturated heterocycles. The number of hydrogen-bond donors (Lipinski definition) is 0. The first-order valence-corrected chi connectivity index (χ1v) is 12.0. The molecule has 1 atom stereocenters. The van der Waals surface area contributed by atoms with E-state index in [1.165, 1.54) is 33.7 Å². The summed E-state index contributed by atoms with van der Waals surface area (Å²) < 4.78 is 22.7. The molecular formula is C26H23FN4O3S. The number of aromatic nitrogens is 2. The summed E-state index contributed by atoms with van der Waals surface area (Å²) in [4.78, 5) is 32.1. The molecule has 3 heterocycles. The second-order valence-corrected chi connectivity index (χ2v) is 9.49. The molecule has 4 aromatic rings. The van der Waals surface area contributed by atoms with Crippen molar-refractivity contribution in [2.24, 2.45) is 5.92 Å². The average molecular weight is 491 g/mol. The van der Waals surface area contributed by atoms with Gasteiger partial charge in [0.2, 0.25) is 0 Å². The predicted molar refractivity (Wildman–Crippen MR) is 135 cm³/mol. The number of carbonyl (C=O) groups excluding carboxylic acids is 2. The summed E-state index contributed by atoms with van der Waals surface area (Å²) in [7, 11) is 3.32. The minimum absolute atomic E-state index is 0.00796. The fraction of sp³-hybridized carbons (Fsp3) is 0.192. The van der Waals surface area contributed by atoms with Crippen LogP contribution in [0.25, 0.3) is 10.9 Å². The van der Waals surface area contributed by atoms with Gasteiger partial charge in [-0.3, -0.25) is 14.3 Å². The van der Waals surface area contributed by atoms with Crippen LogP contribution in [0.4, 0.5) is 14.9 Å². The van der Waals surface area contributed by atoms with Gasteiger partial charge in [-0.2, -0.15) is 0 Å². The highest BCUT2D eigenvalue weighted by Gasteiger charge is 2.32. The molecule has 9 heteroatoms. The van der Waals surface area contributed by atoms with Crippen LogP contribution in [0, 0.1) is 11.7 Å². The first-order valence-electron chi connectivity index (χ1n) is 11.1. The van der Waals surface area contributed by atoms with Crippen molar-refractivity contribution in [3.8, 4) is 11.5 Å². The van der Waals surface area contributed by atoms with Gasteiger partial charge in [0.1, 0.15) is 17.3 Å². The third-order valence-corrected chi connectivity index (χ3v) is 7.03. The Morgan fingerprint density at radius 3 is 2.60 bits per heavy atom. The number of ether oxygens (including phenoxy) is 1. The van der Waals surface area contributed by atoms with Crippen molar-refractivity contribution in [1.82, 2.24) is 14.5 Å². The molecule has 0 saturated carbocycles. The molecule has 1 aliphatic heterocycles. The minimum Gasteiger partial charge on any atom is -0.457 e. The van der Waals surface area contributed by atoms with Gasteiger partial charge in [0.05, 0.1) is 23.3 Å². The second kappa shape index (κ2) is 9.42. The van der Waals surface area contributed by atoms with Crippen LogP contribution in [0.2, 0.25) is 0 Å². The maximum atomic E-state index is 13.6. The van der Waals surface area contributed by atoms with Gasteiger partial charge in [0.25, 0.3) is 0 Å². The van der Waals surface area contributed by atoms with Crippen LogP contribution in [0.1, 0.15) is 10.4 Å². The number of pyridine rings is 1. The van der Waals surface area contributed by atoms with Crippen molar-refractivity contribution >= 4 is 40.4 Å². The second-order valence-electron chi connectivity index (χ2n) is 8.45. The third kappa shape index (κ3) is 4.59. The van der Waals surface area contributed by atoms with E-state index < -0.39 is 0 Å². The molecule has 1 fully saturated rings. The Balaban J connectivity index is 1.47. The number of amides is 1. The average Bonchev–Trinajstić information content (AvgIpc) is 3.51. The third-order valence-electron chi connectivity index (χ3n) is 5.80. The Bertz CT molecular complexity index is 1390. The Hall–Kier alpha value is -3.85. The molecule has 0 aliphatic carbocycles. The van der Waals surface area contributed by atoms with Crippen molar-refractivity contribution < 1.29 is 18.7 Å². The lowest BCUT2D eigenvalue weighted by Crippen LogP contribution is -2.26. The van der Waals surface area contributed by atoms with Crippen molar-refractivity contribution in [1.29, 1.82) is 0 Å². The molecule has 2 aromatic heterocycles. The van der Waals surface area contributed by atoms with E-state index in [9.17, 15) is 14.0 Å². The molecule has 1 aliphatic rings. The van der Waals surface area contributed by atoms with E-state index in [-0.39, 0.29) is 23.5 Å². The van der Waals surface area contributed by atoms with Gasteiger partial charge in [-0.05, 0) is 60.5 Å². The Morgan fingerprint density at radius 2 is 1.89 bits per heavy atom. The van der Waals surface area contributed by atoms with Crippen LogP contribution in [0.15, 0.2) is 73.2 Å². The molecule has 0 N–H and O–H groups in total. The first-order chi connectivity index (χ1) is 16.9. The van der Waals surface area contributed by atoms with E-state index in [0.29, 0.717) is 40.3 Å². The van der Waals surface area contributed by atoms with Crippen LogP contribution in [-0.2, 0) is 0 Å². The number of carbonyl (C=O) groups is 2. The Labute approximate surface area is 206 Å². The maximum Gasteiger partial charge on any atom is 0.328 e.